The number of aromatic nitrogens is 7. The zero-order valence-electron chi connectivity index (χ0n) is 20.5. The monoisotopic (exact) mass is 522 g/mol. The number of sulfonamides is 1. The maximum absolute atomic E-state index is 11.8. The molecule has 37 heavy (non-hydrogen) atoms. The number of hydrogen-bond acceptors (Lipinski definition) is 10. The van der Waals surface area contributed by atoms with E-state index in [0.717, 1.165) is 17.3 Å². The van der Waals surface area contributed by atoms with Gasteiger partial charge in [-0.25, -0.2) is 23.1 Å². The van der Waals surface area contributed by atoms with Crippen LogP contribution in [0.4, 0.5) is 5.69 Å². The summed E-state index contributed by atoms with van der Waals surface area (Å²) in [5.74, 6) is 0.537. The summed E-state index contributed by atoms with van der Waals surface area (Å²) >= 11 is 0. The van der Waals surface area contributed by atoms with E-state index in [2.05, 4.69) is 36.8 Å². The first kappa shape index (κ1) is 24.8. The molecule has 0 saturated carbocycles. The van der Waals surface area contributed by atoms with Gasteiger partial charge in [0, 0.05) is 54.2 Å². The van der Waals surface area contributed by atoms with E-state index in [-0.39, 0.29) is 12.6 Å². The van der Waals surface area contributed by atoms with Crippen molar-refractivity contribution in [1.29, 1.82) is 5.26 Å². The first-order valence-electron chi connectivity index (χ1n) is 11.7. The quantitative estimate of drug-likeness (QED) is 0.377. The van der Waals surface area contributed by atoms with E-state index in [9.17, 15) is 13.5 Å². The van der Waals surface area contributed by atoms with E-state index in [1.807, 2.05) is 19.9 Å². The highest BCUT2D eigenvalue weighted by atomic mass is 32.2. The minimum atomic E-state index is -3.37. The average molecular weight is 523 g/mol. The van der Waals surface area contributed by atoms with Crippen molar-refractivity contribution in [2.45, 2.75) is 38.5 Å². The van der Waals surface area contributed by atoms with Crippen LogP contribution >= 0.6 is 0 Å². The average Bonchev–Trinajstić information content (AvgIpc) is 3.50. The molecule has 0 aromatic carbocycles. The van der Waals surface area contributed by atoms with Gasteiger partial charge in [0.1, 0.15) is 11.8 Å². The number of hydrogen-bond donors (Lipinski definition) is 2. The van der Waals surface area contributed by atoms with Crippen LogP contribution in [0.1, 0.15) is 31.9 Å². The van der Waals surface area contributed by atoms with Gasteiger partial charge in [-0.3, -0.25) is 0 Å². The predicted octanol–water partition coefficient (Wildman–Crippen LogP) is 1.33. The summed E-state index contributed by atoms with van der Waals surface area (Å²) in [6.45, 7) is 4.34. The molecule has 1 aliphatic rings. The zero-order valence-corrected chi connectivity index (χ0v) is 21.3. The third-order valence-corrected chi connectivity index (χ3v) is 7.46. The van der Waals surface area contributed by atoms with Crippen molar-refractivity contribution in [2.75, 3.05) is 24.7 Å². The van der Waals surface area contributed by atoms with E-state index < -0.39 is 22.2 Å². The van der Waals surface area contributed by atoms with E-state index in [1.54, 1.807) is 34.0 Å². The number of aliphatic hydroxyl groups is 1. The minimum Gasteiger partial charge on any atom is -0.390 e. The Labute approximate surface area is 213 Å². The summed E-state index contributed by atoms with van der Waals surface area (Å²) in [5, 5.41) is 36.9. The predicted molar refractivity (Wildman–Crippen MR) is 135 cm³/mol. The van der Waals surface area contributed by atoms with Crippen LogP contribution in [0, 0.1) is 11.3 Å². The van der Waals surface area contributed by atoms with Crippen molar-refractivity contribution < 1.29 is 13.5 Å². The van der Waals surface area contributed by atoms with Gasteiger partial charge in [-0.1, -0.05) is 5.21 Å². The Kier molecular flexibility index (Phi) is 6.36. The maximum Gasteiger partial charge on any atom is 0.211 e. The molecule has 1 unspecified atom stereocenters. The first-order valence-corrected chi connectivity index (χ1v) is 13.5. The van der Waals surface area contributed by atoms with Crippen LogP contribution in [0.3, 0.4) is 0 Å². The lowest BCUT2D eigenvalue weighted by atomic mass is 10.0. The normalized spacial score (nSPS) is 18.8. The Hall–Kier alpha value is -3.93. The van der Waals surface area contributed by atoms with Crippen LogP contribution in [0.2, 0.25) is 0 Å². The van der Waals surface area contributed by atoms with Gasteiger partial charge in [-0.15, -0.1) is 5.10 Å². The smallest absolute Gasteiger partial charge is 0.211 e. The number of β-amino-alcohol motifs (C(OH)–C–C–N with tert-alkyl or cyclic N) is 1. The number of nitrogens with one attached hydrogen (secondary N) is 1. The van der Waals surface area contributed by atoms with Crippen molar-refractivity contribution in [3.63, 3.8) is 0 Å². The highest BCUT2D eigenvalue weighted by Crippen LogP contribution is 2.31. The minimum absolute atomic E-state index is 0.0107. The number of anilines is 1. The Morgan fingerprint density at radius 1 is 1.22 bits per heavy atom. The first-order chi connectivity index (χ1) is 17.6. The molecule has 14 heteroatoms. The number of nitriles is 1. The molecule has 13 nitrogen and oxygen atoms in total. The van der Waals surface area contributed by atoms with E-state index in [0.29, 0.717) is 41.3 Å². The molecule has 5 heterocycles. The molecule has 1 aliphatic heterocycles. The number of piperidine rings is 1. The van der Waals surface area contributed by atoms with Crippen molar-refractivity contribution in [2.24, 2.45) is 0 Å². The highest BCUT2D eigenvalue weighted by molar-refractivity contribution is 7.88. The second-order valence-corrected chi connectivity index (χ2v) is 11.3. The number of aliphatic hydroxyl groups excluding tert-OH is 1. The summed E-state index contributed by atoms with van der Waals surface area (Å²) in [4.78, 5) is 8.96. The topological polar surface area (TPSA) is 168 Å². The van der Waals surface area contributed by atoms with Crippen LogP contribution in [-0.2, 0) is 10.0 Å². The van der Waals surface area contributed by atoms with Crippen LogP contribution in [0.25, 0.3) is 28.1 Å². The zero-order chi connectivity index (χ0) is 26.3. The largest absolute Gasteiger partial charge is 0.390 e. The lowest BCUT2D eigenvalue weighted by Crippen LogP contribution is -2.46. The third kappa shape index (κ3) is 4.88. The van der Waals surface area contributed by atoms with Crippen LogP contribution in [0.5, 0.6) is 0 Å². The standard InChI is InChI=1S/C23H26N10O3S/c1-14(2)28-18-7-22(33-23-16(10-27-33)6-15(8-24)9-26-23)25-11-17(18)19-12-32(30-29-19)20-4-5-31(13-21(20)34)37(3,35)36/h6-7,9-12,14,20-21,34H,4-5,13H2,1-3H3,(H,25,28)/t20-,21?/m1/s1. The van der Waals surface area contributed by atoms with E-state index in [4.69, 9.17) is 5.26 Å². The van der Waals surface area contributed by atoms with Gasteiger partial charge in [-0.05, 0) is 26.3 Å². The molecule has 1 fully saturated rings. The van der Waals surface area contributed by atoms with Crippen molar-refractivity contribution in [1.82, 2.24) is 39.0 Å². The SMILES string of the molecule is CC(C)Nc1cc(-n2ncc3cc(C#N)cnc32)ncc1-c1cn([C@@H]2CCN(S(C)(=O)=O)CC2O)nn1. The molecular formula is C23H26N10O3S. The fraction of sp³-hybridized carbons (Fsp3) is 0.391. The molecule has 192 valence electrons. The molecule has 0 aliphatic carbocycles. The number of rotatable bonds is 6. The van der Waals surface area contributed by atoms with Crippen molar-refractivity contribution in [3.8, 4) is 23.1 Å². The molecule has 5 rings (SSSR count). The molecule has 2 N–H and O–H groups in total. The van der Waals surface area contributed by atoms with Gasteiger partial charge in [0.05, 0.1) is 36.4 Å². The lowest BCUT2D eigenvalue weighted by molar-refractivity contribution is 0.0514. The Bertz CT molecular complexity index is 1600. The molecular weight excluding hydrogens is 496 g/mol. The van der Waals surface area contributed by atoms with E-state index in [1.165, 1.54) is 10.5 Å². The summed E-state index contributed by atoms with van der Waals surface area (Å²) < 4.78 is 28.2. The van der Waals surface area contributed by atoms with Gasteiger partial charge in [-0.2, -0.15) is 19.3 Å². The van der Waals surface area contributed by atoms with Crippen LogP contribution < -0.4 is 5.32 Å². The van der Waals surface area contributed by atoms with Gasteiger partial charge in [0.25, 0.3) is 0 Å². The second-order valence-electron chi connectivity index (χ2n) is 9.32. The Morgan fingerprint density at radius 3 is 2.73 bits per heavy atom. The molecule has 4 aromatic heterocycles. The summed E-state index contributed by atoms with van der Waals surface area (Å²) in [5.41, 5.74) is 3.06. The number of pyridine rings is 2. The molecule has 0 radical (unpaired) electrons. The van der Waals surface area contributed by atoms with Crippen molar-refractivity contribution >= 4 is 26.7 Å². The molecule has 0 amide bonds. The number of fused-ring (bicyclic) bond motifs is 1. The Balaban J connectivity index is 1.47. The maximum atomic E-state index is 11.8. The Morgan fingerprint density at radius 2 is 2.03 bits per heavy atom. The van der Waals surface area contributed by atoms with Gasteiger partial charge in [0.15, 0.2) is 11.5 Å². The summed E-state index contributed by atoms with van der Waals surface area (Å²) in [7, 11) is -3.37. The van der Waals surface area contributed by atoms with Crippen LogP contribution in [0.15, 0.2) is 36.9 Å². The van der Waals surface area contributed by atoms with Gasteiger partial charge in [0.2, 0.25) is 10.0 Å². The summed E-state index contributed by atoms with van der Waals surface area (Å²) in [6.07, 6.45) is 7.19. The molecule has 4 aromatic rings. The van der Waals surface area contributed by atoms with E-state index >= 15 is 0 Å². The third-order valence-electron chi connectivity index (χ3n) is 6.19. The molecule has 0 bridgehead atoms. The fourth-order valence-corrected chi connectivity index (χ4v) is 5.27. The van der Waals surface area contributed by atoms with Crippen molar-refractivity contribution in [3.05, 3.63) is 42.5 Å². The summed E-state index contributed by atoms with van der Waals surface area (Å²) in [6, 6.07) is 5.36. The van der Waals surface area contributed by atoms with Gasteiger partial charge >= 0.3 is 0 Å². The van der Waals surface area contributed by atoms with Crippen LogP contribution in [-0.4, -0.2) is 84.1 Å². The lowest BCUT2D eigenvalue weighted by Gasteiger charge is -2.34. The highest BCUT2D eigenvalue weighted by Gasteiger charge is 2.33. The fourth-order valence-electron chi connectivity index (χ4n) is 4.41. The molecule has 2 atom stereocenters. The molecule has 1 saturated heterocycles. The second kappa shape index (κ2) is 9.51. The number of nitrogens with zero attached hydrogens (tertiary/aromatic N) is 9. The van der Waals surface area contributed by atoms with Gasteiger partial charge < -0.3 is 10.4 Å². The molecule has 0 spiro atoms.